The first kappa shape index (κ1) is 18.3. The molecular formula is C19H17NO4S2. The highest BCUT2D eigenvalue weighted by atomic mass is 32.2. The van der Waals surface area contributed by atoms with Gasteiger partial charge in [-0.15, -0.1) is 0 Å². The van der Waals surface area contributed by atoms with Crippen LogP contribution in [0.15, 0.2) is 47.4 Å². The number of thioether (sulfide) groups is 1. The van der Waals surface area contributed by atoms with Crippen molar-refractivity contribution in [3.8, 4) is 17.2 Å². The lowest BCUT2D eigenvalue weighted by atomic mass is 10.2. The van der Waals surface area contributed by atoms with Crippen LogP contribution in [0.2, 0.25) is 0 Å². The van der Waals surface area contributed by atoms with Gasteiger partial charge in [-0.25, -0.2) is 0 Å². The summed E-state index contributed by atoms with van der Waals surface area (Å²) in [6.45, 7) is 2.44. The van der Waals surface area contributed by atoms with Crippen LogP contribution < -0.4 is 14.4 Å². The molecule has 0 bridgehead atoms. The predicted octanol–water partition coefficient (Wildman–Crippen LogP) is 4.21. The molecule has 0 atom stereocenters. The molecule has 7 heteroatoms. The Kier molecular flexibility index (Phi) is 5.49. The van der Waals surface area contributed by atoms with Gasteiger partial charge in [-0.1, -0.05) is 36.1 Å². The molecule has 2 aromatic rings. The molecule has 1 aliphatic heterocycles. The van der Waals surface area contributed by atoms with Crippen LogP contribution in [0, 0.1) is 0 Å². The van der Waals surface area contributed by atoms with Crippen molar-refractivity contribution in [2.45, 2.75) is 6.92 Å². The lowest BCUT2D eigenvalue weighted by Crippen LogP contribution is -2.27. The number of benzene rings is 2. The molecule has 1 aliphatic rings. The van der Waals surface area contributed by atoms with Crippen LogP contribution in [0.3, 0.4) is 0 Å². The van der Waals surface area contributed by atoms with Gasteiger partial charge in [0.2, 0.25) is 0 Å². The molecule has 0 aliphatic carbocycles. The molecule has 1 N–H and O–H groups in total. The second-order valence-corrected chi connectivity index (χ2v) is 7.06. The minimum absolute atomic E-state index is 0.0804. The number of hydrogen-bond donors (Lipinski definition) is 1. The van der Waals surface area contributed by atoms with Gasteiger partial charge in [0.1, 0.15) is 5.75 Å². The summed E-state index contributed by atoms with van der Waals surface area (Å²) in [7, 11) is 1.57. The van der Waals surface area contributed by atoms with E-state index in [-0.39, 0.29) is 11.7 Å². The molecule has 0 saturated carbocycles. The lowest BCUT2D eigenvalue weighted by molar-refractivity contribution is -0.113. The van der Waals surface area contributed by atoms with Crippen LogP contribution in [0.5, 0.6) is 17.2 Å². The molecule has 1 fully saturated rings. The van der Waals surface area contributed by atoms with Crippen molar-refractivity contribution in [1.82, 2.24) is 0 Å². The summed E-state index contributed by atoms with van der Waals surface area (Å²) in [6, 6.07) is 11.9. The Morgan fingerprint density at radius 2 is 2.04 bits per heavy atom. The molecule has 26 heavy (non-hydrogen) atoms. The number of methoxy groups -OCH3 is 1. The number of nitrogens with zero attached hydrogens (tertiary/aromatic N) is 1. The molecule has 0 aromatic heterocycles. The summed E-state index contributed by atoms with van der Waals surface area (Å²) in [6.07, 6.45) is 1.76. The van der Waals surface area contributed by atoms with Gasteiger partial charge in [-0.3, -0.25) is 9.69 Å². The van der Waals surface area contributed by atoms with E-state index < -0.39 is 0 Å². The van der Waals surface area contributed by atoms with Crippen LogP contribution >= 0.6 is 24.0 Å². The molecule has 0 spiro atoms. The maximum absolute atomic E-state index is 12.8. The Hall–Kier alpha value is -2.51. The van der Waals surface area contributed by atoms with E-state index in [4.69, 9.17) is 21.7 Å². The van der Waals surface area contributed by atoms with Crippen LogP contribution in [0.1, 0.15) is 12.5 Å². The van der Waals surface area contributed by atoms with Crippen LogP contribution in [0.4, 0.5) is 5.69 Å². The standard InChI is InChI=1S/C19H17NO4S2/c1-3-24-15-8-7-12(9-16(15)23-2)10-17-18(22)20(19(25)26-17)13-5-4-6-14(21)11-13/h4-11,21H,3H2,1-2H3/b17-10+. The number of carbonyl (C=O) groups excluding carboxylic acids is 1. The van der Waals surface area contributed by atoms with Crippen LogP contribution in [0.25, 0.3) is 6.08 Å². The van der Waals surface area contributed by atoms with Gasteiger partial charge >= 0.3 is 0 Å². The summed E-state index contributed by atoms with van der Waals surface area (Å²) < 4.78 is 11.3. The smallest absolute Gasteiger partial charge is 0.270 e. The summed E-state index contributed by atoms with van der Waals surface area (Å²) in [5.74, 6) is 1.11. The molecule has 1 saturated heterocycles. The van der Waals surface area contributed by atoms with Crippen molar-refractivity contribution in [3.05, 3.63) is 52.9 Å². The van der Waals surface area contributed by atoms with E-state index in [0.29, 0.717) is 33.0 Å². The topological polar surface area (TPSA) is 59.0 Å². The number of thiocarbonyl (C=S) groups is 1. The largest absolute Gasteiger partial charge is 0.508 e. The molecule has 5 nitrogen and oxygen atoms in total. The summed E-state index contributed by atoms with van der Waals surface area (Å²) >= 11 is 6.56. The highest BCUT2D eigenvalue weighted by Crippen LogP contribution is 2.37. The summed E-state index contributed by atoms with van der Waals surface area (Å²) in [5, 5.41) is 9.65. The van der Waals surface area contributed by atoms with Gasteiger partial charge in [0, 0.05) is 6.07 Å². The SMILES string of the molecule is CCOc1ccc(/C=C2/SC(=S)N(c3cccc(O)c3)C2=O)cc1OC. The average molecular weight is 387 g/mol. The first-order valence-electron chi connectivity index (χ1n) is 7.91. The van der Waals surface area contributed by atoms with Gasteiger partial charge in [-0.2, -0.15) is 0 Å². The number of anilines is 1. The van der Waals surface area contributed by atoms with Gasteiger partial charge in [0.05, 0.1) is 24.3 Å². The maximum Gasteiger partial charge on any atom is 0.270 e. The van der Waals surface area contributed by atoms with Gasteiger partial charge in [0.25, 0.3) is 5.91 Å². The Balaban J connectivity index is 1.90. The zero-order valence-electron chi connectivity index (χ0n) is 14.3. The van der Waals surface area contributed by atoms with Crippen molar-refractivity contribution in [1.29, 1.82) is 0 Å². The Bertz CT molecular complexity index is 895. The van der Waals surface area contributed by atoms with Crippen LogP contribution in [-0.2, 0) is 4.79 Å². The van der Waals surface area contributed by atoms with Crippen molar-refractivity contribution < 1.29 is 19.4 Å². The van der Waals surface area contributed by atoms with E-state index in [2.05, 4.69) is 0 Å². The second-order valence-electron chi connectivity index (χ2n) is 5.38. The Morgan fingerprint density at radius 1 is 1.23 bits per heavy atom. The van der Waals surface area contributed by atoms with Gasteiger partial charge in [-0.05, 0) is 42.8 Å². The van der Waals surface area contributed by atoms with E-state index >= 15 is 0 Å². The quantitative estimate of drug-likeness (QED) is 0.613. The van der Waals surface area contributed by atoms with Crippen molar-refractivity contribution in [2.75, 3.05) is 18.6 Å². The van der Waals surface area contributed by atoms with E-state index in [0.717, 1.165) is 5.56 Å². The van der Waals surface area contributed by atoms with Gasteiger partial charge < -0.3 is 14.6 Å². The predicted molar refractivity (Wildman–Crippen MR) is 108 cm³/mol. The average Bonchev–Trinajstić information content (AvgIpc) is 2.90. The number of carbonyl (C=O) groups is 1. The first-order chi connectivity index (χ1) is 12.5. The molecule has 0 unspecified atom stereocenters. The lowest BCUT2D eigenvalue weighted by Gasteiger charge is -2.14. The van der Waals surface area contributed by atoms with Crippen molar-refractivity contribution in [3.63, 3.8) is 0 Å². The molecular weight excluding hydrogens is 370 g/mol. The number of phenolic OH excluding ortho intramolecular Hbond substituents is 1. The van der Waals surface area contributed by atoms with E-state index in [1.807, 2.05) is 25.1 Å². The third-order valence-corrected chi connectivity index (χ3v) is 4.97. The third-order valence-electron chi connectivity index (χ3n) is 3.67. The molecule has 3 rings (SSSR count). The highest BCUT2D eigenvalue weighted by molar-refractivity contribution is 8.27. The molecule has 0 radical (unpaired) electrons. The van der Waals surface area contributed by atoms with Crippen molar-refractivity contribution >= 4 is 46.0 Å². The second kappa shape index (κ2) is 7.80. The summed E-state index contributed by atoms with van der Waals surface area (Å²) in [5.41, 5.74) is 1.35. The fraction of sp³-hybridized carbons (Fsp3) is 0.158. The maximum atomic E-state index is 12.8. The van der Waals surface area contributed by atoms with E-state index in [1.165, 1.54) is 22.7 Å². The number of ether oxygens (including phenoxy) is 2. The van der Waals surface area contributed by atoms with Gasteiger partial charge in [0.15, 0.2) is 15.8 Å². The van der Waals surface area contributed by atoms with E-state index in [1.54, 1.807) is 31.4 Å². The highest BCUT2D eigenvalue weighted by Gasteiger charge is 2.33. The number of aromatic hydroxyl groups is 1. The number of phenols is 1. The number of rotatable bonds is 5. The Morgan fingerprint density at radius 3 is 2.73 bits per heavy atom. The van der Waals surface area contributed by atoms with E-state index in [9.17, 15) is 9.90 Å². The third kappa shape index (κ3) is 3.68. The molecule has 1 heterocycles. The zero-order chi connectivity index (χ0) is 18.7. The number of hydrogen-bond acceptors (Lipinski definition) is 6. The Labute approximate surface area is 161 Å². The monoisotopic (exact) mass is 387 g/mol. The molecule has 134 valence electrons. The fourth-order valence-electron chi connectivity index (χ4n) is 2.52. The normalized spacial score (nSPS) is 15.6. The minimum Gasteiger partial charge on any atom is -0.508 e. The van der Waals surface area contributed by atoms with Crippen molar-refractivity contribution in [2.24, 2.45) is 0 Å². The summed E-state index contributed by atoms with van der Waals surface area (Å²) in [4.78, 5) is 14.7. The van der Waals surface area contributed by atoms with Crippen LogP contribution in [-0.4, -0.2) is 29.1 Å². The molecule has 1 amide bonds. The molecule has 2 aromatic carbocycles. The number of amides is 1. The zero-order valence-corrected chi connectivity index (χ0v) is 15.9. The first-order valence-corrected chi connectivity index (χ1v) is 9.13. The fourth-order valence-corrected chi connectivity index (χ4v) is 3.82. The minimum atomic E-state index is -0.224.